The molecule has 0 aliphatic carbocycles. The lowest BCUT2D eigenvalue weighted by Crippen LogP contribution is -2.08. The van der Waals surface area contributed by atoms with Gasteiger partial charge in [-0.3, -0.25) is 0 Å². The number of benzene rings is 1. The minimum atomic E-state index is -0.153. The molecular formula is C15H22ClF. The number of rotatable bonds is 6. The Kier molecular flexibility index (Phi) is 5.97. The zero-order chi connectivity index (χ0) is 12.8. The van der Waals surface area contributed by atoms with Gasteiger partial charge in [0, 0.05) is 0 Å². The summed E-state index contributed by atoms with van der Waals surface area (Å²) in [5.41, 5.74) is 1.73. The van der Waals surface area contributed by atoms with Gasteiger partial charge < -0.3 is 0 Å². The highest BCUT2D eigenvalue weighted by molar-refractivity contribution is 6.21. The van der Waals surface area contributed by atoms with Gasteiger partial charge in [-0.25, -0.2) is 4.39 Å². The van der Waals surface area contributed by atoms with Crippen LogP contribution in [-0.4, -0.2) is 0 Å². The molecule has 0 aliphatic heterocycles. The van der Waals surface area contributed by atoms with Gasteiger partial charge >= 0.3 is 0 Å². The molecule has 0 aliphatic rings. The van der Waals surface area contributed by atoms with Gasteiger partial charge in [-0.2, -0.15) is 0 Å². The zero-order valence-corrected chi connectivity index (χ0v) is 11.7. The van der Waals surface area contributed by atoms with E-state index in [1.54, 1.807) is 6.92 Å². The minimum absolute atomic E-state index is 0.00852. The molecule has 0 N–H and O–H groups in total. The van der Waals surface area contributed by atoms with Crippen molar-refractivity contribution >= 4 is 11.6 Å². The maximum Gasteiger partial charge on any atom is 0.126 e. The maximum atomic E-state index is 13.2. The first kappa shape index (κ1) is 14.5. The summed E-state index contributed by atoms with van der Waals surface area (Å²) in [4.78, 5) is 0. The van der Waals surface area contributed by atoms with Crippen LogP contribution in [0.25, 0.3) is 0 Å². The van der Waals surface area contributed by atoms with Crippen molar-refractivity contribution < 1.29 is 4.39 Å². The highest BCUT2D eigenvalue weighted by Crippen LogP contribution is 2.35. The van der Waals surface area contributed by atoms with Crippen LogP contribution in [0.5, 0.6) is 0 Å². The van der Waals surface area contributed by atoms with Crippen LogP contribution in [0, 0.1) is 18.7 Å². The Hall–Kier alpha value is -0.560. The largest absolute Gasteiger partial charge is 0.207 e. The minimum Gasteiger partial charge on any atom is -0.207 e. The van der Waals surface area contributed by atoms with Gasteiger partial charge in [-0.1, -0.05) is 38.8 Å². The van der Waals surface area contributed by atoms with Gasteiger partial charge in [0.2, 0.25) is 0 Å². The van der Waals surface area contributed by atoms with Crippen LogP contribution in [0.4, 0.5) is 4.39 Å². The van der Waals surface area contributed by atoms with E-state index in [1.807, 2.05) is 12.1 Å². The van der Waals surface area contributed by atoms with Gasteiger partial charge in [0.25, 0.3) is 0 Å². The number of halogens is 2. The Morgan fingerprint density at radius 3 is 2.24 bits per heavy atom. The third-order valence-electron chi connectivity index (χ3n) is 3.23. The molecule has 0 radical (unpaired) electrons. The average Bonchev–Trinajstić information content (AvgIpc) is 2.31. The van der Waals surface area contributed by atoms with E-state index in [9.17, 15) is 4.39 Å². The SMILES string of the molecule is CCCC(CCC)C(Cl)c1ccc(F)c(C)c1. The highest BCUT2D eigenvalue weighted by Gasteiger charge is 2.20. The number of alkyl halides is 1. The summed E-state index contributed by atoms with van der Waals surface area (Å²) in [5, 5.41) is 0.00852. The predicted octanol–water partition coefficient (Wildman–Crippen LogP) is 5.63. The summed E-state index contributed by atoms with van der Waals surface area (Å²) in [6.45, 7) is 6.15. The molecule has 1 unspecified atom stereocenters. The van der Waals surface area contributed by atoms with E-state index in [1.165, 1.54) is 6.07 Å². The van der Waals surface area contributed by atoms with E-state index >= 15 is 0 Å². The summed E-state index contributed by atoms with van der Waals surface area (Å²) >= 11 is 6.53. The van der Waals surface area contributed by atoms with Crippen LogP contribution >= 0.6 is 11.6 Å². The van der Waals surface area contributed by atoms with Gasteiger partial charge in [0.1, 0.15) is 5.82 Å². The van der Waals surface area contributed by atoms with E-state index < -0.39 is 0 Å². The number of hydrogen-bond donors (Lipinski definition) is 0. The molecule has 0 spiro atoms. The Labute approximate surface area is 109 Å². The molecule has 1 rings (SSSR count). The maximum absolute atomic E-state index is 13.2. The summed E-state index contributed by atoms with van der Waals surface area (Å²) < 4.78 is 13.2. The zero-order valence-electron chi connectivity index (χ0n) is 11.0. The summed E-state index contributed by atoms with van der Waals surface area (Å²) in [6.07, 6.45) is 4.57. The van der Waals surface area contributed by atoms with Crippen LogP contribution < -0.4 is 0 Å². The molecule has 0 heterocycles. The first-order chi connectivity index (χ1) is 8.10. The van der Waals surface area contributed by atoms with Gasteiger partial charge in [0.15, 0.2) is 0 Å². The molecule has 0 saturated heterocycles. The topological polar surface area (TPSA) is 0 Å². The highest BCUT2D eigenvalue weighted by atomic mass is 35.5. The first-order valence-corrected chi connectivity index (χ1v) is 6.93. The van der Waals surface area contributed by atoms with Crippen LogP contribution in [-0.2, 0) is 0 Å². The molecule has 0 amide bonds. The Morgan fingerprint density at radius 2 is 1.76 bits per heavy atom. The van der Waals surface area contributed by atoms with E-state index in [2.05, 4.69) is 13.8 Å². The third-order valence-corrected chi connectivity index (χ3v) is 3.84. The fourth-order valence-electron chi connectivity index (χ4n) is 2.29. The van der Waals surface area contributed by atoms with Crippen molar-refractivity contribution in [1.29, 1.82) is 0 Å². The average molecular weight is 257 g/mol. The molecule has 0 aromatic heterocycles. The smallest absolute Gasteiger partial charge is 0.126 e. The van der Waals surface area contributed by atoms with Crippen molar-refractivity contribution in [3.63, 3.8) is 0 Å². The van der Waals surface area contributed by atoms with Crippen LogP contribution in [0.1, 0.15) is 56.0 Å². The van der Waals surface area contributed by atoms with E-state index in [0.717, 1.165) is 31.2 Å². The van der Waals surface area contributed by atoms with Crippen molar-refractivity contribution in [3.8, 4) is 0 Å². The molecule has 1 aromatic rings. The predicted molar refractivity (Wildman–Crippen MR) is 73.0 cm³/mol. The lowest BCUT2D eigenvalue weighted by molar-refractivity contribution is 0.426. The Morgan fingerprint density at radius 1 is 1.18 bits per heavy atom. The number of hydrogen-bond acceptors (Lipinski definition) is 0. The van der Waals surface area contributed by atoms with E-state index in [4.69, 9.17) is 11.6 Å². The fraction of sp³-hybridized carbons (Fsp3) is 0.600. The van der Waals surface area contributed by atoms with Crippen molar-refractivity contribution in [2.75, 3.05) is 0 Å². The van der Waals surface area contributed by atoms with Gasteiger partial charge in [-0.05, 0) is 42.9 Å². The lowest BCUT2D eigenvalue weighted by atomic mass is 9.90. The molecule has 0 fully saturated rings. The second-order valence-electron chi connectivity index (χ2n) is 4.75. The van der Waals surface area contributed by atoms with Crippen molar-refractivity contribution in [1.82, 2.24) is 0 Å². The van der Waals surface area contributed by atoms with Crippen LogP contribution in [0.2, 0.25) is 0 Å². The summed E-state index contributed by atoms with van der Waals surface area (Å²) in [6, 6.07) is 5.22. The van der Waals surface area contributed by atoms with Crippen molar-refractivity contribution in [2.24, 2.45) is 5.92 Å². The second-order valence-corrected chi connectivity index (χ2v) is 5.22. The fourth-order valence-corrected chi connectivity index (χ4v) is 2.68. The van der Waals surface area contributed by atoms with Crippen molar-refractivity contribution in [2.45, 2.75) is 51.8 Å². The summed E-state index contributed by atoms with van der Waals surface area (Å²) in [5.74, 6) is 0.344. The third kappa shape index (κ3) is 3.99. The van der Waals surface area contributed by atoms with Gasteiger partial charge in [0.05, 0.1) is 5.38 Å². The lowest BCUT2D eigenvalue weighted by Gasteiger charge is -2.22. The number of aryl methyl sites for hydroxylation is 1. The van der Waals surface area contributed by atoms with Crippen molar-refractivity contribution in [3.05, 3.63) is 35.1 Å². The van der Waals surface area contributed by atoms with Crippen LogP contribution in [0.15, 0.2) is 18.2 Å². The van der Waals surface area contributed by atoms with Crippen LogP contribution in [0.3, 0.4) is 0 Å². The molecule has 17 heavy (non-hydrogen) atoms. The van der Waals surface area contributed by atoms with E-state index in [-0.39, 0.29) is 11.2 Å². The molecule has 1 aromatic carbocycles. The standard InChI is InChI=1S/C15H22ClF/c1-4-6-12(7-5-2)15(16)13-8-9-14(17)11(3)10-13/h8-10,12,15H,4-7H2,1-3H3. The molecule has 2 heteroatoms. The molecular weight excluding hydrogens is 235 g/mol. The van der Waals surface area contributed by atoms with E-state index in [0.29, 0.717) is 11.5 Å². The molecule has 0 nitrogen and oxygen atoms in total. The quantitative estimate of drug-likeness (QED) is 0.579. The molecule has 0 bridgehead atoms. The summed E-state index contributed by atoms with van der Waals surface area (Å²) in [7, 11) is 0. The molecule has 0 saturated carbocycles. The normalized spacial score (nSPS) is 13.1. The van der Waals surface area contributed by atoms with Gasteiger partial charge in [-0.15, -0.1) is 11.6 Å². The second kappa shape index (κ2) is 7.00. The first-order valence-electron chi connectivity index (χ1n) is 6.50. The Balaban J connectivity index is 2.84. The molecule has 96 valence electrons. The Bertz CT molecular complexity index is 343. The molecule has 1 atom stereocenters. The monoisotopic (exact) mass is 256 g/mol.